The third kappa shape index (κ3) is 4.52. The molecule has 0 unspecified atom stereocenters. The molecule has 2 aliphatic rings. The average molecular weight is 383 g/mol. The fourth-order valence-corrected chi connectivity index (χ4v) is 3.97. The van der Waals surface area contributed by atoms with Crippen molar-refractivity contribution in [1.82, 2.24) is 25.0 Å². The Morgan fingerprint density at radius 2 is 2.04 bits per heavy atom. The Bertz CT molecular complexity index is 807. The predicted molar refractivity (Wildman–Crippen MR) is 109 cm³/mol. The quantitative estimate of drug-likeness (QED) is 0.792. The number of aromatic nitrogens is 3. The number of benzene rings is 1. The molecular formula is C21H30N6O. The van der Waals surface area contributed by atoms with Gasteiger partial charge in [0.15, 0.2) is 0 Å². The molecule has 4 rings (SSSR count). The monoisotopic (exact) mass is 382 g/mol. The molecule has 28 heavy (non-hydrogen) atoms. The summed E-state index contributed by atoms with van der Waals surface area (Å²) in [4.78, 5) is 21.7. The van der Waals surface area contributed by atoms with Crippen LogP contribution >= 0.6 is 0 Å². The minimum atomic E-state index is -0.00170. The normalized spacial score (nSPS) is 18.9. The summed E-state index contributed by atoms with van der Waals surface area (Å²) < 4.78 is 1.77. The molecule has 1 aliphatic carbocycles. The Balaban J connectivity index is 1.24. The lowest BCUT2D eigenvalue weighted by Gasteiger charge is -2.36. The molecule has 0 spiro atoms. The molecule has 1 aromatic carbocycles. The predicted octanol–water partition coefficient (Wildman–Crippen LogP) is 1.90. The molecule has 2 fully saturated rings. The Kier molecular flexibility index (Phi) is 5.62. The van der Waals surface area contributed by atoms with Gasteiger partial charge in [-0.1, -0.05) is 12.1 Å². The molecule has 1 amide bonds. The van der Waals surface area contributed by atoms with E-state index in [0.29, 0.717) is 12.3 Å². The molecule has 0 radical (unpaired) electrons. The van der Waals surface area contributed by atoms with Gasteiger partial charge in [-0.25, -0.2) is 4.98 Å². The number of piperazine rings is 1. The number of carbonyl (C=O) groups is 1. The van der Waals surface area contributed by atoms with Crippen LogP contribution in [0.5, 0.6) is 0 Å². The van der Waals surface area contributed by atoms with Crippen molar-refractivity contribution >= 4 is 11.6 Å². The molecule has 1 saturated carbocycles. The zero-order valence-electron chi connectivity index (χ0n) is 16.8. The van der Waals surface area contributed by atoms with Crippen LogP contribution in [0, 0.1) is 12.8 Å². The van der Waals surface area contributed by atoms with E-state index >= 15 is 0 Å². The zero-order valence-corrected chi connectivity index (χ0v) is 16.8. The highest BCUT2D eigenvalue weighted by Gasteiger charge is 2.36. The van der Waals surface area contributed by atoms with Crippen molar-refractivity contribution in [3.63, 3.8) is 0 Å². The summed E-state index contributed by atoms with van der Waals surface area (Å²) in [6, 6.07) is 8.68. The van der Waals surface area contributed by atoms with Crippen LogP contribution in [0.2, 0.25) is 0 Å². The Morgan fingerprint density at radius 1 is 1.25 bits per heavy atom. The molecule has 1 atom stereocenters. The van der Waals surface area contributed by atoms with Gasteiger partial charge in [-0.15, -0.1) is 0 Å². The molecule has 2 aromatic rings. The van der Waals surface area contributed by atoms with Gasteiger partial charge >= 0.3 is 0 Å². The highest BCUT2D eigenvalue weighted by atomic mass is 16.1. The van der Waals surface area contributed by atoms with Gasteiger partial charge in [0.25, 0.3) is 0 Å². The molecule has 7 nitrogen and oxygen atoms in total. The maximum absolute atomic E-state index is 12.6. The van der Waals surface area contributed by atoms with Gasteiger partial charge in [-0.05, 0) is 43.4 Å². The topological polar surface area (TPSA) is 66.3 Å². The van der Waals surface area contributed by atoms with E-state index in [0.717, 1.165) is 51.4 Å². The number of hydrogen-bond donors (Lipinski definition) is 1. The minimum Gasteiger partial charge on any atom is -0.369 e. The van der Waals surface area contributed by atoms with Gasteiger partial charge in [0.1, 0.15) is 12.2 Å². The van der Waals surface area contributed by atoms with E-state index in [9.17, 15) is 4.79 Å². The van der Waals surface area contributed by atoms with Crippen LogP contribution in [0.25, 0.3) is 0 Å². The molecule has 7 heteroatoms. The lowest BCUT2D eigenvalue weighted by molar-refractivity contribution is -0.122. The first kappa shape index (κ1) is 18.9. The minimum absolute atomic E-state index is 0.00170. The number of hydrogen-bond acceptors (Lipinski definition) is 5. The van der Waals surface area contributed by atoms with Crippen LogP contribution in [0.3, 0.4) is 0 Å². The third-order valence-electron chi connectivity index (χ3n) is 5.83. The highest BCUT2D eigenvalue weighted by Crippen LogP contribution is 2.40. The standard InChI is InChI=1S/C21H30N6O/c1-16-4-3-5-18(14-16)27-12-10-26(11-13-27)9-8-19(28)24-20(17-6-7-17)21-22-15-23-25(21)2/h3-5,14-15,17,20H,6-13H2,1-2H3,(H,24,28)/t20-/m0/s1. The van der Waals surface area contributed by atoms with Crippen LogP contribution in [0.15, 0.2) is 30.6 Å². The summed E-state index contributed by atoms with van der Waals surface area (Å²) in [5, 5.41) is 7.36. The highest BCUT2D eigenvalue weighted by molar-refractivity contribution is 5.76. The van der Waals surface area contributed by atoms with Gasteiger partial charge < -0.3 is 10.2 Å². The van der Waals surface area contributed by atoms with Crippen molar-refractivity contribution in [2.24, 2.45) is 13.0 Å². The number of nitrogens with zero attached hydrogens (tertiary/aromatic N) is 5. The summed E-state index contributed by atoms with van der Waals surface area (Å²) in [5.41, 5.74) is 2.60. The van der Waals surface area contributed by atoms with Crippen molar-refractivity contribution < 1.29 is 4.79 Å². The van der Waals surface area contributed by atoms with E-state index in [-0.39, 0.29) is 11.9 Å². The van der Waals surface area contributed by atoms with Gasteiger partial charge in [0.2, 0.25) is 5.91 Å². The summed E-state index contributed by atoms with van der Waals surface area (Å²) in [6.07, 6.45) is 4.40. The first-order valence-corrected chi connectivity index (χ1v) is 10.3. The van der Waals surface area contributed by atoms with Crippen molar-refractivity contribution in [2.75, 3.05) is 37.6 Å². The molecule has 1 saturated heterocycles. The number of anilines is 1. The van der Waals surface area contributed by atoms with E-state index < -0.39 is 0 Å². The smallest absolute Gasteiger partial charge is 0.221 e. The fourth-order valence-electron chi connectivity index (χ4n) is 3.97. The second-order valence-corrected chi connectivity index (χ2v) is 8.04. The van der Waals surface area contributed by atoms with Crippen LogP contribution in [-0.4, -0.2) is 58.3 Å². The molecule has 2 heterocycles. The van der Waals surface area contributed by atoms with E-state index in [2.05, 4.69) is 56.4 Å². The van der Waals surface area contributed by atoms with Crippen molar-refractivity contribution in [3.8, 4) is 0 Å². The molecular weight excluding hydrogens is 352 g/mol. The number of carbonyl (C=O) groups excluding carboxylic acids is 1. The summed E-state index contributed by atoms with van der Waals surface area (Å²) in [6.45, 7) is 6.95. The van der Waals surface area contributed by atoms with Crippen molar-refractivity contribution in [1.29, 1.82) is 0 Å². The Morgan fingerprint density at radius 3 is 2.68 bits per heavy atom. The molecule has 1 aromatic heterocycles. The lowest BCUT2D eigenvalue weighted by Crippen LogP contribution is -2.47. The maximum atomic E-state index is 12.6. The SMILES string of the molecule is Cc1cccc(N2CCN(CCC(=O)N[C@H](c3ncnn3C)C3CC3)CC2)c1. The van der Waals surface area contributed by atoms with Crippen LogP contribution < -0.4 is 10.2 Å². The first-order chi connectivity index (χ1) is 13.6. The van der Waals surface area contributed by atoms with Crippen molar-refractivity contribution in [2.45, 2.75) is 32.2 Å². The number of nitrogens with one attached hydrogen (secondary N) is 1. The summed E-state index contributed by atoms with van der Waals surface area (Å²) in [5.74, 6) is 1.48. The van der Waals surface area contributed by atoms with Gasteiger partial charge in [0.05, 0.1) is 6.04 Å². The maximum Gasteiger partial charge on any atom is 0.221 e. The van der Waals surface area contributed by atoms with Crippen LogP contribution in [0.4, 0.5) is 5.69 Å². The number of rotatable bonds is 7. The first-order valence-electron chi connectivity index (χ1n) is 10.3. The van der Waals surface area contributed by atoms with Gasteiger partial charge in [-0.2, -0.15) is 5.10 Å². The molecule has 0 bridgehead atoms. The van der Waals surface area contributed by atoms with E-state index in [1.165, 1.54) is 11.3 Å². The average Bonchev–Trinajstić information content (AvgIpc) is 3.46. The van der Waals surface area contributed by atoms with Crippen molar-refractivity contribution in [3.05, 3.63) is 42.0 Å². The van der Waals surface area contributed by atoms with Gasteiger partial charge in [0, 0.05) is 51.9 Å². The fraction of sp³-hybridized carbons (Fsp3) is 0.571. The van der Waals surface area contributed by atoms with E-state index in [1.54, 1.807) is 11.0 Å². The molecule has 150 valence electrons. The summed E-state index contributed by atoms with van der Waals surface area (Å²) in [7, 11) is 1.89. The molecule has 1 aliphatic heterocycles. The second-order valence-electron chi connectivity index (χ2n) is 8.04. The second kappa shape index (κ2) is 8.31. The largest absolute Gasteiger partial charge is 0.369 e. The van der Waals surface area contributed by atoms with E-state index in [1.807, 2.05) is 7.05 Å². The number of aryl methyl sites for hydroxylation is 2. The number of amides is 1. The third-order valence-corrected chi connectivity index (χ3v) is 5.83. The zero-order chi connectivity index (χ0) is 19.5. The van der Waals surface area contributed by atoms with Crippen LogP contribution in [0.1, 0.15) is 36.7 Å². The van der Waals surface area contributed by atoms with E-state index in [4.69, 9.17) is 0 Å². The summed E-state index contributed by atoms with van der Waals surface area (Å²) >= 11 is 0. The molecule has 1 N–H and O–H groups in total. The van der Waals surface area contributed by atoms with Gasteiger partial charge in [-0.3, -0.25) is 14.4 Å². The Labute approximate surface area is 166 Å². The Hall–Kier alpha value is -2.41. The van der Waals surface area contributed by atoms with Crippen LogP contribution in [-0.2, 0) is 11.8 Å². The lowest BCUT2D eigenvalue weighted by atomic mass is 10.1.